The van der Waals surface area contributed by atoms with Gasteiger partial charge in [0.15, 0.2) is 0 Å². The van der Waals surface area contributed by atoms with Gasteiger partial charge in [0.25, 0.3) is 0 Å². The maximum absolute atomic E-state index is 12.2. The zero-order chi connectivity index (χ0) is 22.1. The first kappa shape index (κ1) is 23.0. The zero-order valence-electron chi connectivity index (χ0n) is 16.4. The molecule has 2 rings (SSSR count). The Labute approximate surface area is 174 Å². The molecule has 0 aromatic heterocycles. The molecule has 2 aromatic rings. The molecule has 0 heterocycles. The topological polar surface area (TPSA) is 145 Å². The third-order valence-electron chi connectivity index (χ3n) is 4.04. The van der Waals surface area contributed by atoms with Crippen LogP contribution in [0.4, 0.5) is 5.69 Å². The van der Waals surface area contributed by atoms with Crippen LogP contribution in [0.25, 0.3) is 0 Å². The lowest BCUT2D eigenvalue weighted by molar-refractivity contribution is -0.136. The van der Waals surface area contributed by atoms with Crippen molar-refractivity contribution < 1.29 is 27.5 Å². The van der Waals surface area contributed by atoms with Gasteiger partial charge >= 0.3 is 17.8 Å². The van der Waals surface area contributed by atoms with Gasteiger partial charge in [0, 0.05) is 6.54 Å². The highest BCUT2D eigenvalue weighted by atomic mass is 32.2. The van der Waals surface area contributed by atoms with Crippen molar-refractivity contribution >= 4 is 33.5 Å². The van der Waals surface area contributed by atoms with Crippen LogP contribution < -0.4 is 15.8 Å². The molecule has 0 spiro atoms. The number of anilines is 1. The molecule has 2 amide bonds. The fourth-order valence-corrected chi connectivity index (χ4v) is 2.91. The molecule has 30 heavy (non-hydrogen) atoms. The number of nitrogens with one attached hydrogen (secondary N) is 2. The Kier molecular flexibility index (Phi) is 8.07. The molecule has 0 aliphatic heterocycles. The minimum Gasteiger partial charge on any atom is -0.462 e. The van der Waals surface area contributed by atoms with Gasteiger partial charge in [-0.2, -0.15) is 0 Å². The average Bonchev–Trinajstić information content (AvgIpc) is 2.72. The maximum Gasteiger partial charge on any atom is 0.340 e. The minimum absolute atomic E-state index is 0.00212. The molecule has 0 bridgehead atoms. The van der Waals surface area contributed by atoms with E-state index in [0.29, 0.717) is 5.56 Å². The summed E-state index contributed by atoms with van der Waals surface area (Å²) in [5, 5.41) is 9.85. The average molecular weight is 433 g/mol. The van der Waals surface area contributed by atoms with Crippen LogP contribution in [0.5, 0.6) is 0 Å². The largest absolute Gasteiger partial charge is 0.462 e. The van der Waals surface area contributed by atoms with Crippen molar-refractivity contribution in [1.82, 2.24) is 5.32 Å². The first-order valence-corrected chi connectivity index (χ1v) is 10.7. The van der Waals surface area contributed by atoms with E-state index in [4.69, 9.17) is 9.88 Å². The van der Waals surface area contributed by atoms with Crippen LogP contribution in [0.1, 0.15) is 35.7 Å². The number of carbonyl (C=O) groups excluding carboxylic acids is 3. The summed E-state index contributed by atoms with van der Waals surface area (Å²) < 4.78 is 27.6. The van der Waals surface area contributed by atoms with Gasteiger partial charge in [0.1, 0.15) is 0 Å². The molecule has 4 N–H and O–H groups in total. The number of hydrogen-bond acceptors (Lipinski definition) is 6. The quantitative estimate of drug-likeness (QED) is 0.327. The van der Waals surface area contributed by atoms with Crippen LogP contribution in [0, 0.1) is 0 Å². The van der Waals surface area contributed by atoms with Gasteiger partial charge in [0.05, 0.1) is 22.8 Å². The molecule has 0 unspecified atom stereocenters. The molecule has 0 radical (unpaired) electrons. The molecule has 0 aliphatic rings. The van der Waals surface area contributed by atoms with E-state index in [2.05, 4.69) is 10.6 Å². The molecule has 9 nitrogen and oxygen atoms in total. The Morgan fingerprint density at radius 3 is 2.30 bits per heavy atom. The van der Waals surface area contributed by atoms with E-state index in [1.807, 2.05) is 6.92 Å². The highest BCUT2D eigenvalue weighted by Gasteiger charge is 2.18. The highest BCUT2D eigenvalue weighted by Crippen LogP contribution is 2.16. The van der Waals surface area contributed by atoms with Gasteiger partial charge in [-0.3, -0.25) is 9.59 Å². The summed E-state index contributed by atoms with van der Waals surface area (Å²) >= 11 is 0. The van der Waals surface area contributed by atoms with Crippen molar-refractivity contribution in [3.8, 4) is 0 Å². The summed E-state index contributed by atoms with van der Waals surface area (Å²) in [5.41, 5.74) is 0.883. The van der Waals surface area contributed by atoms with Crippen LogP contribution in [-0.4, -0.2) is 32.8 Å². The number of esters is 1. The van der Waals surface area contributed by atoms with E-state index in [1.54, 1.807) is 12.1 Å². The second-order valence-electron chi connectivity index (χ2n) is 6.36. The highest BCUT2D eigenvalue weighted by molar-refractivity contribution is 7.89. The van der Waals surface area contributed by atoms with Gasteiger partial charge in [-0.15, -0.1) is 0 Å². The lowest BCUT2D eigenvalue weighted by atomic mass is 10.1. The number of benzene rings is 2. The van der Waals surface area contributed by atoms with Crippen LogP contribution in [0.3, 0.4) is 0 Å². The van der Waals surface area contributed by atoms with Crippen molar-refractivity contribution in [1.29, 1.82) is 0 Å². The predicted octanol–water partition coefficient (Wildman–Crippen LogP) is 1.55. The molecule has 0 saturated carbocycles. The van der Waals surface area contributed by atoms with E-state index < -0.39 is 27.8 Å². The number of amides is 2. The van der Waals surface area contributed by atoms with Crippen molar-refractivity contribution in [3.05, 3.63) is 59.7 Å². The Bertz CT molecular complexity index is 1020. The summed E-state index contributed by atoms with van der Waals surface area (Å²) in [6.45, 7) is 2.23. The minimum atomic E-state index is -3.81. The van der Waals surface area contributed by atoms with Crippen molar-refractivity contribution in [2.45, 2.75) is 31.2 Å². The summed E-state index contributed by atoms with van der Waals surface area (Å²) in [6.07, 6.45) is 1.59. The van der Waals surface area contributed by atoms with Gasteiger partial charge in [-0.25, -0.2) is 18.4 Å². The fourth-order valence-electron chi connectivity index (χ4n) is 2.40. The second-order valence-corrected chi connectivity index (χ2v) is 7.92. The Morgan fingerprint density at radius 1 is 1.00 bits per heavy atom. The maximum atomic E-state index is 12.2. The number of sulfonamides is 1. The van der Waals surface area contributed by atoms with Crippen molar-refractivity contribution in [2.24, 2.45) is 5.14 Å². The summed E-state index contributed by atoms with van der Waals surface area (Å²) in [7, 11) is -3.81. The summed E-state index contributed by atoms with van der Waals surface area (Å²) in [6, 6.07) is 11.8. The van der Waals surface area contributed by atoms with E-state index in [9.17, 15) is 22.8 Å². The number of para-hydroxylation sites is 1. The Balaban J connectivity index is 1.96. The molecule has 0 atom stereocenters. The molecule has 2 aromatic carbocycles. The van der Waals surface area contributed by atoms with Crippen LogP contribution in [0.2, 0.25) is 0 Å². The molecule has 0 aliphatic carbocycles. The van der Waals surface area contributed by atoms with Gasteiger partial charge in [0.2, 0.25) is 10.0 Å². The van der Waals surface area contributed by atoms with Crippen LogP contribution >= 0.6 is 0 Å². The number of unbranched alkanes of at least 4 members (excludes halogenated alkanes) is 1. The number of carbonyl (C=O) groups is 3. The number of rotatable bonds is 8. The third-order valence-corrected chi connectivity index (χ3v) is 4.97. The lowest BCUT2D eigenvalue weighted by Gasteiger charge is -2.11. The Morgan fingerprint density at radius 2 is 1.67 bits per heavy atom. The van der Waals surface area contributed by atoms with Crippen LogP contribution in [-0.2, 0) is 30.9 Å². The SMILES string of the molecule is CCCCOC(=O)c1ccccc1NC(=O)C(=O)NCc1ccc(S(N)(=O)=O)cc1. The number of hydrogen-bond donors (Lipinski definition) is 3. The fraction of sp³-hybridized carbons (Fsp3) is 0.250. The summed E-state index contributed by atoms with van der Waals surface area (Å²) in [4.78, 5) is 36.4. The first-order chi connectivity index (χ1) is 14.2. The van der Waals surface area contributed by atoms with Gasteiger partial charge in [-0.1, -0.05) is 37.6 Å². The normalized spacial score (nSPS) is 10.9. The number of nitrogens with two attached hydrogens (primary N) is 1. The molecule has 160 valence electrons. The first-order valence-electron chi connectivity index (χ1n) is 9.19. The van der Waals surface area contributed by atoms with E-state index in [0.717, 1.165) is 12.8 Å². The molecular formula is C20H23N3O6S. The van der Waals surface area contributed by atoms with Crippen molar-refractivity contribution in [2.75, 3.05) is 11.9 Å². The predicted molar refractivity (Wildman–Crippen MR) is 110 cm³/mol. The third kappa shape index (κ3) is 6.68. The lowest BCUT2D eigenvalue weighted by Crippen LogP contribution is -2.35. The monoisotopic (exact) mass is 433 g/mol. The molecule has 10 heteroatoms. The standard InChI is InChI=1S/C20H23N3O6S/c1-2-3-12-29-20(26)16-6-4-5-7-17(16)23-19(25)18(24)22-13-14-8-10-15(11-9-14)30(21,27)28/h4-11H,2-3,12-13H2,1H3,(H,22,24)(H,23,25)(H2,21,27,28). The van der Waals surface area contributed by atoms with E-state index in [1.165, 1.54) is 36.4 Å². The molecule has 0 saturated heterocycles. The Hall–Kier alpha value is -3.24. The summed E-state index contributed by atoms with van der Waals surface area (Å²) in [5.74, 6) is -2.46. The van der Waals surface area contributed by atoms with Crippen LogP contribution in [0.15, 0.2) is 53.4 Å². The molecule has 0 fully saturated rings. The van der Waals surface area contributed by atoms with E-state index in [-0.39, 0.29) is 29.3 Å². The van der Waals surface area contributed by atoms with Gasteiger partial charge in [-0.05, 0) is 36.2 Å². The van der Waals surface area contributed by atoms with Crippen molar-refractivity contribution in [3.63, 3.8) is 0 Å². The smallest absolute Gasteiger partial charge is 0.340 e. The molecular weight excluding hydrogens is 410 g/mol. The number of primary sulfonamides is 1. The van der Waals surface area contributed by atoms with E-state index >= 15 is 0 Å². The number of ether oxygens (including phenoxy) is 1. The van der Waals surface area contributed by atoms with Gasteiger partial charge < -0.3 is 15.4 Å². The second kappa shape index (κ2) is 10.5. The zero-order valence-corrected chi connectivity index (χ0v) is 17.2.